The normalized spacial score (nSPS) is 8.67. The Balaban J connectivity index is 0. The average molecular weight is 157 g/mol. The first kappa shape index (κ1) is 11.9. The summed E-state index contributed by atoms with van der Waals surface area (Å²) in [6, 6.07) is 0. The Morgan fingerprint density at radius 2 is 1.22 bits per heavy atom. The van der Waals surface area contributed by atoms with Crippen molar-refractivity contribution in [3.63, 3.8) is 0 Å². The SMILES string of the molecule is Cl.NOCCCCON. The van der Waals surface area contributed by atoms with Gasteiger partial charge in [0.15, 0.2) is 0 Å². The average Bonchev–Trinajstić information content (AvgIpc) is 1.81. The van der Waals surface area contributed by atoms with E-state index in [2.05, 4.69) is 9.68 Å². The minimum absolute atomic E-state index is 0. The molecule has 0 aromatic carbocycles. The summed E-state index contributed by atoms with van der Waals surface area (Å²) in [5.74, 6) is 9.48. The zero-order valence-electron chi connectivity index (χ0n) is 5.21. The standard InChI is InChI=1S/C4H12N2O2.ClH/c5-7-3-1-2-4-8-6;/h1-6H2;1H. The Hall–Kier alpha value is 0.130. The van der Waals surface area contributed by atoms with Crippen LogP contribution >= 0.6 is 12.4 Å². The number of rotatable bonds is 5. The second-order valence-corrected chi connectivity index (χ2v) is 1.45. The highest BCUT2D eigenvalue weighted by Gasteiger charge is 1.84. The quantitative estimate of drug-likeness (QED) is 0.433. The Kier molecular flexibility index (Phi) is 14.5. The van der Waals surface area contributed by atoms with E-state index >= 15 is 0 Å². The van der Waals surface area contributed by atoms with Crippen LogP contribution in [-0.4, -0.2) is 13.2 Å². The van der Waals surface area contributed by atoms with Gasteiger partial charge in [-0.2, -0.15) is 0 Å². The monoisotopic (exact) mass is 156 g/mol. The van der Waals surface area contributed by atoms with Gasteiger partial charge in [0.05, 0.1) is 13.2 Å². The molecule has 0 aromatic heterocycles. The maximum absolute atomic E-state index is 4.74. The fourth-order valence-electron chi connectivity index (χ4n) is 0.371. The van der Waals surface area contributed by atoms with Crippen LogP contribution in [-0.2, 0) is 9.68 Å². The first-order valence-corrected chi connectivity index (χ1v) is 2.55. The number of unbranched alkanes of at least 4 members (excludes halogenated alkanes) is 1. The molecule has 0 unspecified atom stereocenters. The maximum atomic E-state index is 4.74. The highest BCUT2D eigenvalue weighted by molar-refractivity contribution is 5.85. The third-order valence-corrected chi connectivity index (χ3v) is 0.774. The van der Waals surface area contributed by atoms with Crippen LogP contribution in [0.15, 0.2) is 0 Å². The van der Waals surface area contributed by atoms with Crippen molar-refractivity contribution in [1.29, 1.82) is 0 Å². The maximum Gasteiger partial charge on any atom is 0.0680 e. The lowest BCUT2D eigenvalue weighted by molar-refractivity contribution is 0.105. The van der Waals surface area contributed by atoms with Crippen LogP contribution < -0.4 is 11.8 Å². The van der Waals surface area contributed by atoms with E-state index in [1.807, 2.05) is 0 Å². The van der Waals surface area contributed by atoms with E-state index in [1.165, 1.54) is 0 Å². The Morgan fingerprint density at radius 3 is 1.44 bits per heavy atom. The van der Waals surface area contributed by atoms with Gasteiger partial charge in [-0.25, -0.2) is 11.8 Å². The fraction of sp³-hybridized carbons (Fsp3) is 1.00. The fourth-order valence-corrected chi connectivity index (χ4v) is 0.371. The first-order valence-electron chi connectivity index (χ1n) is 2.55. The van der Waals surface area contributed by atoms with E-state index < -0.39 is 0 Å². The van der Waals surface area contributed by atoms with Crippen molar-refractivity contribution in [3.05, 3.63) is 0 Å². The van der Waals surface area contributed by atoms with Gasteiger partial charge in [-0.05, 0) is 12.8 Å². The van der Waals surface area contributed by atoms with Crippen molar-refractivity contribution in [1.82, 2.24) is 0 Å². The second kappa shape index (κ2) is 11.0. The molecule has 4 nitrogen and oxygen atoms in total. The van der Waals surface area contributed by atoms with Crippen LogP contribution in [0.1, 0.15) is 12.8 Å². The van der Waals surface area contributed by atoms with Gasteiger partial charge in [0, 0.05) is 0 Å². The number of hydrogen-bond acceptors (Lipinski definition) is 4. The van der Waals surface area contributed by atoms with Crippen LogP contribution in [0, 0.1) is 0 Å². The molecule has 0 fully saturated rings. The predicted molar refractivity (Wildman–Crippen MR) is 36.8 cm³/mol. The molecular formula is C4H13ClN2O2. The minimum atomic E-state index is 0. The van der Waals surface area contributed by atoms with E-state index in [0.717, 1.165) is 12.8 Å². The van der Waals surface area contributed by atoms with Gasteiger partial charge in [-0.3, -0.25) is 0 Å². The molecule has 0 aliphatic heterocycles. The van der Waals surface area contributed by atoms with Crippen molar-refractivity contribution >= 4 is 12.4 Å². The molecule has 0 saturated carbocycles. The predicted octanol–water partition coefficient (Wildman–Crippen LogP) is -0.0310. The van der Waals surface area contributed by atoms with Gasteiger partial charge in [0.1, 0.15) is 0 Å². The summed E-state index contributed by atoms with van der Waals surface area (Å²) in [6.07, 6.45) is 1.79. The molecule has 0 radical (unpaired) electrons. The second-order valence-electron chi connectivity index (χ2n) is 1.45. The molecule has 0 bridgehead atoms. The molecule has 58 valence electrons. The minimum Gasteiger partial charge on any atom is -0.305 e. The van der Waals surface area contributed by atoms with E-state index in [1.54, 1.807) is 0 Å². The van der Waals surface area contributed by atoms with E-state index in [9.17, 15) is 0 Å². The lowest BCUT2D eigenvalue weighted by atomic mass is 10.3. The molecule has 0 atom stereocenters. The summed E-state index contributed by atoms with van der Waals surface area (Å²) < 4.78 is 0. The van der Waals surface area contributed by atoms with E-state index in [-0.39, 0.29) is 12.4 Å². The molecule has 0 heterocycles. The zero-order valence-corrected chi connectivity index (χ0v) is 6.02. The van der Waals surface area contributed by atoms with Gasteiger partial charge in [0.25, 0.3) is 0 Å². The molecule has 0 aromatic rings. The van der Waals surface area contributed by atoms with Crippen molar-refractivity contribution in [2.75, 3.05) is 13.2 Å². The molecule has 4 N–H and O–H groups in total. The molecular weight excluding hydrogens is 144 g/mol. The third kappa shape index (κ3) is 11.6. The zero-order chi connectivity index (χ0) is 6.24. The molecule has 9 heavy (non-hydrogen) atoms. The summed E-state index contributed by atoms with van der Waals surface area (Å²) in [5, 5.41) is 0. The van der Waals surface area contributed by atoms with Gasteiger partial charge in [-0.1, -0.05) is 0 Å². The Bertz CT molecular complexity index is 41.5. The summed E-state index contributed by atoms with van der Waals surface area (Å²) in [7, 11) is 0. The van der Waals surface area contributed by atoms with Crippen molar-refractivity contribution in [3.8, 4) is 0 Å². The van der Waals surface area contributed by atoms with Gasteiger partial charge < -0.3 is 9.68 Å². The Morgan fingerprint density at radius 1 is 0.889 bits per heavy atom. The Labute approximate surface area is 60.8 Å². The smallest absolute Gasteiger partial charge is 0.0680 e. The van der Waals surface area contributed by atoms with Crippen LogP contribution in [0.4, 0.5) is 0 Å². The lowest BCUT2D eigenvalue weighted by Crippen LogP contribution is -2.04. The molecule has 0 rings (SSSR count). The summed E-state index contributed by atoms with van der Waals surface area (Å²) in [6.45, 7) is 1.15. The number of halogens is 1. The van der Waals surface area contributed by atoms with E-state index in [0.29, 0.717) is 13.2 Å². The van der Waals surface area contributed by atoms with Gasteiger partial charge in [0.2, 0.25) is 0 Å². The summed E-state index contributed by atoms with van der Waals surface area (Å²) in [4.78, 5) is 8.58. The van der Waals surface area contributed by atoms with Crippen molar-refractivity contribution < 1.29 is 9.68 Å². The number of nitrogens with two attached hydrogens (primary N) is 2. The summed E-state index contributed by atoms with van der Waals surface area (Å²) in [5.41, 5.74) is 0. The molecule has 0 amide bonds. The van der Waals surface area contributed by atoms with Crippen molar-refractivity contribution in [2.45, 2.75) is 12.8 Å². The van der Waals surface area contributed by atoms with Crippen LogP contribution in [0.2, 0.25) is 0 Å². The highest BCUT2D eigenvalue weighted by atomic mass is 35.5. The van der Waals surface area contributed by atoms with E-state index in [4.69, 9.17) is 11.8 Å². The molecule has 0 aliphatic rings. The van der Waals surface area contributed by atoms with Crippen LogP contribution in [0.3, 0.4) is 0 Å². The molecule has 0 aliphatic carbocycles. The molecule has 5 heteroatoms. The van der Waals surface area contributed by atoms with Crippen molar-refractivity contribution in [2.24, 2.45) is 11.8 Å². The highest BCUT2D eigenvalue weighted by Crippen LogP contribution is 1.85. The molecule has 0 spiro atoms. The third-order valence-electron chi connectivity index (χ3n) is 0.774. The topological polar surface area (TPSA) is 70.5 Å². The number of hydrogen-bond donors (Lipinski definition) is 2. The van der Waals surface area contributed by atoms with Crippen LogP contribution in [0.5, 0.6) is 0 Å². The van der Waals surface area contributed by atoms with Gasteiger partial charge >= 0.3 is 0 Å². The summed E-state index contributed by atoms with van der Waals surface area (Å²) >= 11 is 0. The van der Waals surface area contributed by atoms with Crippen LogP contribution in [0.25, 0.3) is 0 Å². The largest absolute Gasteiger partial charge is 0.305 e. The first-order chi connectivity index (χ1) is 3.91. The molecule has 0 saturated heterocycles. The lowest BCUT2D eigenvalue weighted by Gasteiger charge is -1.95. The van der Waals surface area contributed by atoms with Gasteiger partial charge in [-0.15, -0.1) is 12.4 Å².